The van der Waals surface area contributed by atoms with Crippen molar-refractivity contribution < 1.29 is 14.3 Å². The van der Waals surface area contributed by atoms with E-state index < -0.39 is 17.9 Å². The van der Waals surface area contributed by atoms with Gasteiger partial charge in [-0.1, -0.05) is 24.3 Å². The summed E-state index contributed by atoms with van der Waals surface area (Å²) in [6, 6.07) is 12.3. The van der Waals surface area contributed by atoms with E-state index in [4.69, 9.17) is 10.5 Å². The van der Waals surface area contributed by atoms with E-state index in [1.165, 1.54) is 5.01 Å². The zero-order valence-electron chi connectivity index (χ0n) is 15.0. The average molecular weight is 351 g/mol. The maximum absolute atomic E-state index is 12.6. The van der Waals surface area contributed by atoms with Crippen LogP contribution in [0.25, 0.3) is 0 Å². The van der Waals surface area contributed by atoms with E-state index in [0.29, 0.717) is 11.4 Å². The molecule has 2 N–H and O–H groups in total. The molecule has 0 aromatic heterocycles. The first-order valence-electron chi connectivity index (χ1n) is 8.38. The zero-order valence-corrected chi connectivity index (χ0v) is 15.0. The van der Waals surface area contributed by atoms with Crippen LogP contribution in [0.4, 0.5) is 5.69 Å². The number of hydrogen-bond acceptors (Lipinski definition) is 5. The van der Waals surface area contributed by atoms with Gasteiger partial charge in [-0.15, -0.1) is 0 Å². The predicted molar refractivity (Wildman–Crippen MR) is 100 cm³/mol. The lowest BCUT2D eigenvalue weighted by molar-refractivity contribution is -0.127. The summed E-state index contributed by atoms with van der Waals surface area (Å²) in [5, 5.41) is 5.79. The van der Waals surface area contributed by atoms with Gasteiger partial charge in [-0.3, -0.25) is 9.80 Å². The Hall–Kier alpha value is -3.15. The Morgan fingerprint density at radius 2 is 1.85 bits per heavy atom. The third-order valence-corrected chi connectivity index (χ3v) is 4.46. The summed E-state index contributed by atoms with van der Waals surface area (Å²) in [6.45, 7) is 5.81. The molecule has 6 heteroatoms. The van der Waals surface area contributed by atoms with Gasteiger partial charge >= 0.3 is 5.97 Å². The highest BCUT2D eigenvalue weighted by molar-refractivity contribution is 6.38. The molecule has 0 radical (unpaired) electrons. The fourth-order valence-electron chi connectivity index (χ4n) is 2.94. The van der Waals surface area contributed by atoms with Crippen LogP contribution in [0.1, 0.15) is 23.1 Å². The van der Waals surface area contributed by atoms with Crippen molar-refractivity contribution in [3.8, 4) is 5.75 Å². The molecule has 1 heterocycles. The molecular weight excluding hydrogens is 330 g/mol. The number of para-hydroxylation sites is 1. The molecule has 0 aliphatic carbocycles. The normalized spacial score (nSPS) is 16.3. The van der Waals surface area contributed by atoms with E-state index >= 15 is 0 Å². The molecule has 1 unspecified atom stereocenters. The van der Waals surface area contributed by atoms with Gasteiger partial charge in [0.05, 0.1) is 5.69 Å². The molecule has 6 nitrogen and oxygen atoms in total. The van der Waals surface area contributed by atoms with Crippen molar-refractivity contribution in [2.45, 2.75) is 33.2 Å². The number of aryl methyl sites for hydroxylation is 2. The number of hydrazone groups is 1. The van der Waals surface area contributed by atoms with Crippen molar-refractivity contribution in [2.24, 2.45) is 10.8 Å². The van der Waals surface area contributed by atoms with Crippen LogP contribution in [0.15, 0.2) is 47.6 Å². The summed E-state index contributed by atoms with van der Waals surface area (Å²) in [6.07, 6.45) is 0.118. The summed E-state index contributed by atoms with van der Waals surface area (Å²) in [5.74, 6) is -0.602. The summed E-state index contributed by atoms with van der Waals surface area (Å²) < 4.78 is 5.55. The summed E-state index contributed by atoms with van der Waals surface area (Å²) in [7, 11) is 0. The van der Waals surface area contributed by atoms with Crippen molar-refractivity contribution >= 4 is 23.3 Å². The second-order valence-electron chi connectivity index (χ2n) is 6.44. The number of benzene rings is 2. The van der Waals surface area contributed by atoms with Gasteiger partial charge in [0.2, 0.25) is 5.91 Å². The number of carbonyl (C=O) groups is 2. The quantitative estimate of drug-likeness (QED) is 0.678. The molecule has 1 amide bonds. The summed E-state index contributed by atoms with van der Waals surface area (Å²) in [4.78, 5) is 24.4. The molecule has 0 spiro atoms. The van der Waals surface area contributed by atoms with Crippen molar-refractivity contribution in [1.82, 2.24) is 0 Å². The van der Waals surface area contributed by atoms with Gasteiger partial charge in [-0.25, -0.2) is 4.79 Å². The van der Waals surface area contributed by atoms with Gasteiger partial charge in [-0.05, 0) is 55.7 Å². The molecular formula is C20H21N3O3. The largest absolute Gasteiger partial charge is 0.422 e. The highest BCUT2D eigenvalue weighted by atomic mass is 16.5. The smallest absolute Gasteiger partial charge is 0.360 e. The van der Waals surface area contributed by atoms with E-state index in [9.17, 15) is 9.59 Å². The van der Waals surface area contributed by atoms with E-state index in [1.807, 2.05) is 63.2 Å². The molecule has 1 aliphatic heterocycles. The lowest BCUT2D eigenvalue weighted by atomic mass is 10.1. The second-order valence-corrected chi connectivity index (χ2v) is 6.44. The molecule has 0 saturated carbocycles. The Labute approximate surface area is 152 Å². The van der Waals surface area contributed by atoms with Crippen LogP contribution < -0.4 is 15.5 Å². The molecule has 134 valence electrons. The van der Waals surface area contributed by atoms with Crippen LogP contribution in [0.2, 0.25) is 0 Å². The molecule has 0 bridgehead atoms. The number of hydrogen-bond donors (Lipinski definition) is 1. The maximum atomic E-state index is 12.6. The molecule has 2 aromatic rings. The van der Waals surface area contributed by atoms with Crippen molar-refractivity contribution in [3.05, 3.63) is 59.2 Å². The van der Waals surface area contributed by atoms with Crippen molar-refractivity contribution in [3.63, 3.8) is 0 Å². The van der Waals surface area contributed by atoms with Crippen LogP contribution in [0, 0.1) is 20.8 Å². The fourth-order valence-corrected chi connectivity index (χ4v) is 2.94. The number of ether oxygens (including phenoxy) is 1. The Bertz CT molecular complexity index is 891. The van der Waals surface area contributed by atoms with Gasteiger partial charge < -0.3 is 10.5 Å². The third-order valence-electron chi connectivity index (χ3n) is 4.46. The molecule has 1 atom stereocenters. The van der Waals surface area contributed by atoms with Gasteiger partial charge in [0.15, 0.2) is 0 Å². The third kappa shape index (κ3) is 3.44. The van der Waals surface area contributed by atoms with Gasteiger partial charge in [0.1, 0.15) is 17.5 Å². The number of primary amides is 1. The number of anilines is 1. The first-order chi connectivity index (χ1) is 12.4. The Kier molecular flexibility index (Phi) is 4.75. The Balaban J connectivity index is 1.87. The van der Waals surface area contributed by atoms with Gasteiger partial charge in [-0.2, -0.15) is 5.10 Å². The number of nitrogens with two attached hydrogens (primary N) is 1. The number of rotatable bonds is 4. The number of carbonyl (C=O) groups excluding carboxylic acids is 2. The van der Waals surface area contributed by atoms with Crippen LogP contribution in [0.5, 0.6) is 5.75 Å². The highest BCUT2D eigenvalue weighted by Crippen LogP contribution is 2.27. The summed E-state index contributed by atoms with van der Waals surface area (Å²) >= 11 is 0. The monoisotopic (exact) mass is 351 g/mol. The maximum Gasteiger partial charge on any atom is 0.360 e. The lowest BCUT2D eigenvalue weighted by Crippen LogP contribution is -2.39. The van der Waals surface area contributed by atoms with Gasteiger partial charge in [0.25, 0.3) is 0 Å². The van der Waals surface area contributed by atoms with E-state index in [2.05, 4.69) is 5.10 Å². The van der Waals surface area contributed by atoms with Crippen LogP contribution in [-0.2, 0) is 9.59 Å². The minimum absolute atomic E-state index is 0.118. The lowest BCUT2D eigenvalue weighted by Gasteiger charge is -2.20. The molecule has 26 heavy (non-hydrogen) atoms. The SMILES string of the molecule is Cc1cc(C)c(C)c(OC(=O)C2=NN(c3ccccc3)C(C(N)=O)C2)c1. The van der Waals surface area contributed by atoms with E-state index in [0.717, 1.165) is 16.7 Å². The van der Waals surface area contributed by atoms with Gasteiger partial charge in [0, 0.05) is 6.42 Å². The van der Waals surface area contributed by atoms with Crippen LogP contribution >= 0.6 is 0 Å². The van der Waals surface area contributed by atoms with Crippen molar-refractivity contribution in [2.75, 3.05) is 5.01 Å². The van der Waals surface area contributed by atoms with Crippen molar-refractivity contribution in [1.29, 1.82) is 0 Å². The molecule has 1 aliphatic rings. The standard InChI is InChI=1S/C20H21N3O3/c1-12-9-13(2)14(3)18(10-12)26-20(25)16-11-17(19(21)24)23(22-16)15-7-5-4-6-8-15/h4-10,17H,11H2,1-3H3,(H2,21,24). The molecule has 0 fully saturated rings. The molecule has 0 saturated heterocycles. The predicted octanol–water partition coefficient (Wildman–Crippen LogP) is 2.64. The Morgan fingerprint density at radius 1 is 1.15 bits per heavy atom. The molecule has 2 aromatic carbocycles. The fraction of sp³-hybridized carbons (Fsp3) is 0.250. The number of esters is 1. The molecule has 3 rings (SSSR count). The first kappa shape index (κ1) is 17.7. The van der Waals surface area contributed by atoms with Crippen LogP contribution in [-0.4, -0.2) is 23.6 Å². The van der Waals surface area contributed by atoms with E-state index in [-0.39, 0.29) is 12.1 Å². The number of nitrogens with zero attached hydrogens (tertiary/aromatic N) is 2. The number of amides is 1. The minimum atomic E-state index is -0.708. The topological polar surface area (TPSA) is 85.0 Å². The highest BCUT2D eigenvalue weighted by Gasteiger charge is 2.36. The zero-order chi connectivity index (χ0) is 18.8. The first-order valence-corrected chi connectivity index (χ1v) is 8.38. The Morgan fingerprint density at radius 3 is 2.50 bits per heavy atom. The summed E-state index contributed by atoms with van der Waals surface area (Å²) in [5.41, 5.74) is 9.32. The second kappa shape index (κ2) is 7.00. The average Bonchev–Trinajstić information content (AvgIpc) is 3.06. The van der Waals surface area contributed by atoms with Crippen LogP contribution in [0.3, 0.4) is 0 Å². The minimum Gasteiger partial charge on any atom is -0.422 e. The van der Waals surface area contributed by atoms with E-state index in [1.54, 1.807) is 0 Å².